The van der Waals surface area contributed by atoms with Gasteiger partial charge in [0, 0.05) is 38.5 Å². The summed E-state index contributed by atoms with van der Waals surface area (Å²) >= 11 is 0. The fourth-order valence-electron chi connectivity index (χ4n) is 3.98. The maximum atomic E-state index is 12.7. The molecular weight excluding hydrogens is 316 g/mol. The van der Waals surface area contributed by atoms with Crippen LogP contribution in [-0.2, 0) is 22.6 Å². The van der Waals surface area contributed by atoms with Crippen molar-refractivity contribution in [1.82, 2.24) is 19.8 Å². The molecule has 0 unspecified atom stereocenters. The Morgan fingerprint density at radius 2 is 2.16 bits per heavy atom. The number of imidazole rings is 1. The van der Waals surface area contributed by atoms with E-state index in [1.165, 1.54) is 0 Å². The molecule has 0 radical (unpaired) electrons. The van der Waals surface area contributed by atoms with Crippen LogP contribution in [0, 0.1) is 11.8 Å². The molecular formula is C19H32N4O2. The topological polar surface area (TPSA) is 59.4 Å². The molecule has 140 valence electrons. The van der Waals surface area contributed by atoms with Crippen molar-refractivity contribution >= 4 is 5.91 Å². The second kappa shape index (κ2) is 8.81. The number of amides is 1. The number of piperidine rings is 1. The van der Waals surface area contributed by atoms with E-state index < -0.39 is 0 Å². The van der Waals surface area contributed by atoms with E-state index in [9.17, 15) is 4.79 Å². The predicted octanol–water partition coefficient (Wildman–Crippen LogP) is 2.05. The Hall–Kier alpha value is -1.40. The first kappa shape index (κ1) is 18.4. The summed E-state index contributed by atoms with van der Waals surface area (Å²) in [7, 11) is 0. The van der Waals surface area contributed by atoms with Crippen LogP contribution in [0.5, 0.6) is 0 Å². The van der Waals surface area contributed by atoms with Crippen molar-refractivity contribution < 1.29 is 9.53 Å². The zero-order valence-corrected chi connectivity index (χ0v) is 15.6. The van der Waals surface area contributed by atoms with E-state index in [2.05, 4.69) is 33.6 Å². The molecule has 0 bridgehead atoms. The highest BCUT2D eigenvalue weighted by molar-refractivity contribution is 5.78. The molecule has 2 aliphatic rings. The van der Waals surface area contributed by atoms with Crippen LogP contribution in [0.25, 0.3) is 0 Å². The van der Waals surface area contributed by atoms with Gasteiger partial charge in [-0.2, -0.15) is 0 Å². The normalized spacial score (nSPS) is 23.1. The number of nitrogens with one attached hydrogen (secondary N) is 1. The number of carbonyl (C=O) groups is 1. The van der Waals surface area contributed by atoms with Gasteiger partial charge in [-0.05, 0) is 38.1 Å². The lowest BCUT2D eigenvalue weighted by atomic mass is 9.94. The third-order valence-electron chi connectivity index (χ3n) is 5.33. The zero-order valence-electron chi connectivity index (χ0n) is 15.6. The maximum absolute atomic E-state index is 12.7. The maximum Gasteiger partial charge on any atom is 0.224 e. The molecule has 1 N–H and O–H groups in total. The predicted molar refractivity (Wildman–Crippen MR) is 97.0 cm³/mol. The molecule has 1 amide bonds. The van der Waals surface area contributed by atoms with E-state index in [0.717, 1.165) is 64.2 Å². The van der Waals surface area contributed by atoms with E-state index in [0.29, 0.717) is 18.5 Å². The average molecular weight is 348 g/mol. The second-order valence-corrected chi connectivity index (χ2v) is 7.83. The van der Waals surface area contributed by atoms with Crippen molar-refractivity contribution in [2.75, 3.05) is 26.3 Å². The summed E-state index contributed by atoms with van der Waals surface area (Å²) in [5.74, 6) is 0.863. The third kappa shape index (κ3) is 5.05. The molecule has 1 aromatic rings. The van der Waals surface area contributed by atoms with E-state index >= 15 is 0 Å². The Labute approximate surface area is 150 Å². The molecule has 0 aliphatic carbocycles. The standard InChI is InChI=1S/C19H32N4O2/c1-15(2)12-23-14-20-10-18(23)11-21-19(24)16-4-3-7-22(13-16)17-5-8-25-9-6-17/h10,14-17H,3-9,11-13H2,1-2H3,(H,21,24)/t16-/m1/s1. The average Bonchev–Trinajstić information content (AvgIpc) is 3.07. The van der Waals surface area contributed by atoms with Gasteiger partial charge in [-0.1, -0.05) is 13.8 Å². The first-order chi connectivity index (χ1) is 12.1. The fraction of sp³-hybridized carbons (Fsp3) is 0.789. The van der Waals surface area contributed by atoms with Crippen LogP contribution in [0.2, 0.25) is 0 Å². The van der Waals surface area contributed by atoms with E-state index in [-0.39, 0.29) is 11.8 Å². The number of hydrogen-bond donors (Lipinski definition) is 1. The van der Waals surface area contributed by atoms with E-state index in [1.54, 1.807) is 0 Å². The molecule has 0 saturated carbocycles. The minimum Gasteiger partial charge on any atom is -0.381 e. The lowest BCUT2D eigenvalue weighted by Gasteiger charge is -2.39. The summed E-state index contributed by atoms with van der Waals surface area (Å²) in [5.41, 5.74) is 1.08. The molecule has 3 rings (SSSR count). The van der Waals surface area contributed by atoms with Gasteiger partial charge >= 0.3 is 0 Å². The van der Waals surface area contributed by atoms with Gasteiger partial charge < -0.3 is 14.6 Å². The van der Waals surface area contributed by atoms with Crippen molar-refractivity contribution in [3.8, 4) is 0 Å². The van der Waals surface area contributed by atoms with Crippen molar-refractivity contribution in [2.24, 2.45) is 11.8 Å². The zero-order chi connectivity index (χ0) is 17.6. The van der Waals surface area contributed by atoms with Gasteiger partial charge in [0.25, 0.3) is 0 Å². The Kier molecular flexibility index (Phi) is 6.48. The minimum atomic E-state index is 0.109. The summed E-state index contributed by atoms with van der Waals surface area (Å²) in [6, 6.07) is 0.594. The smallest absolute Gasteiger partial charge is 0.224 e. The molecule has 2 saturated heterocycles. The lowest BCUT2D eigenvalue weighted by molar-refractivity contribution is -0.127. The highest BCUT2D eigenvalue weighted by Crippen LogP contribution is 2.23. The van der Waals surface area contributed by atoms with Crippen LogP contribution in [0.3, 0.4) is 0 Å². The molecule has 3 heterocycles. The lowest BCUT2D eigenvalue weighted by Crippen LogP contribution is -2.48. The van der Waals surface area contributed by atoms with Gasteiger partial charge in [0.05, 0.1) is 24.5 Å². The molecule has 0 spiro atoms. The van der Waals surface area contributed by atoms with Crippen molar-refractivity contribution in [2.45, 2.75) is 58.7 Å². The first-order valence-corrected chi connectivity index (χ1v) is 9.72. The molecule has 6 nitrogen and oxygen atoms in total. The van der Waals surface area contributed by atoms with Crippen molar-refractivity contribution in [1.29, 1.82) is 0 Å². The SMILES string of the molecule is CC(C)Cn1cncc1CNC(=O)[C@@H]1CCCN(C2CCOCC2)C1. The molecule has 2 fully saturated rings. The van der Waals surface area contributed by atoms with Crippen LogP contribution in [0.1, 0.15) is 45.2 Å². The summed E-state index contributed by atoms with van der Waals surface area (Å²) in [6.07, 6.45) is 8.02. The third-order valence-corrected chi connectivity index (χ3v) is 5.33. The van der Waals surface area contributed by atoms with Gasteiger partial charge in [-0.3, -0.25) is 9.69 Å². The highest BCUT2D eigenvalue weighted by Gasteiger charge is 2.30. The Bertz CT molecular complexity index is 551. The van der Waals surface area contributed by atoms with Gasteiger partial charge in [-0.25, -0.2) is 4.98 Å². The first-order valence-electron chi connectivity index (χ1n) is 9.72. The van der Waals surface area contributed by atoms with Crippen LogP contribution in [-0.4, -0.2) is 52.7 Å². The summed E-state index contributed by atoms with van der Waals surface area (Å²) < 4.78 is 7.61. The second-order valence-electron chi connectivity index (χ2n) is 7.83. The number of carbonyl (C=O) groups excluding carboxylic acids is 1. The van der Waals surface area contributed by atoms with E-state index in [1.807, 2.05) is 12.5 Å². The summed E-state index contributed by atoms with van der Waals surface area (Å²) in [4.78, 5) is 19.4. The Morgan fingerprint density at radius 1 is 1.36 bits per heavy atom. The van der Waals surface area contributed by atoms with Crippen LogP contribution in [0.4, 0.5) is 0 Å². The number of rotatable bonds is 6. The summed E-state index contributed by atoms with van der Waals surface area (Å²) in [6.45, 7) is 9.61. The highest BCUT2D eigenvalue weighted by atomic mass is 16.5. The molecule has 25 heavy (non-hydrogen) atoms. The summed E-state index contributed by atoms with van der Waals surface area (Å²) in [5, 5.41) is 3.14. The quantitative estimate of drug-likeness (QED) is 0.855. The Balaban J connectivity index is 1.50. The number of likely N-dealkylation sites (tertiary alicyclic amines) is 1. The van der Waals surface area contributed by atoms with Crippen LogP contribution in [0.15, 0.2) is 12.5 Å². The van der Waals surface area contributed by atoms with Gasteiger partial charge in [0.2, 0.25) is 5.91 Å². The monoisotopic (exact) mass is 348 g/mol. The molecule has 1 atom stereocenters. The van der Waals surface area contributed by atoms with Crippen molar-refractivity contribution in [3.05, 3.63) is 18.2 Å². The number of hydrogen-bond acceptors (Lipinski definition) is 4. The molecule has 2 aliphatic heterocycles. The van der Waals surface area contributed by atoms with Gasteiger partial charge in [0.1, 0.15) is 0 Å². The number of nitrogens with zero attached hydrogens (tertiary/aromatic N) is 3. The fourth-order valence-corrected chi connectivity index (χ4v) is 3.98. The Morgan fingerprint density at radius 3 is 2.92 bits per heavy atom. The molecule has 6 heteroatoms. The van der Waals surface area contributed by atoms with Gasteiger partial charge in [-0.15, -0.1) is 0 Å². The van der Waals surface area contributed by atoms with Gasteiger partial charge in [0.15, 0.2) is 0 Å². The van der Waals surface area contributed by atoms with Crippen LogP contribution < -0.4 is 5.32 Å². The minimum absolute atomic E-state index is 0.109. The number of ether oxygens (including phenoxy) is 1. The van der Waals surface area contributed by atoms with E-state index in [4.69, 9.17) is 4.74 Å². The largest absolute Gasteiger partial charge is 0.381 e. The number of aromatic nitrogens is 2. The van der Waals surface area contributed by atoms with Crippen LogP contribution >= 0.6 is 0 Å². The molecule has 1 aromatic heterocycles. The van der Waals surface area contributed by atoms with Crippen molar-refractivity contribution in [3.63, 3.8) is 0 Å². The molecule has 0 aromatic carbocycles.